The monoisotopic (exact) mass is 268 g/mol. The number of tetrazole rings is 1. The Balaban J connectivity index is 2.31. The highest BCUT2D eigenvalue weighted by Crippen LogP contribution is 2.15. The fourth-order valence-corrected chi connectivity index (χ4v) is 1.71. The van der Waals surface area contributed by atoms with Gasteiger partial charge in [0.15, 0.2) is 0 Å². The molecule has 1 heterocycles. The number of hydrogen-bond donors (Lipinski definition) is 1. The van der Waals surface area contributed by atoms with Crippen LogP contribution in [0.25, 0.3) is 5.69 Å². The molecule has 0 bridgehead atoms. The van der Waals surface area contributed by atoms with Crippen molar-refractivity contribution in [1.29, 1.82) is 0 Å². The summed E-state index contributed by atoms with van der Waals surface area (Å²) >= 11 is 0. The molecular weight excluding hydrogens is 254 g/mol. The van der Waals surface area contributed by atoms with Crippen LogP contribution in [-0.4, -0.2) is 46.3 Å². The first kappa shape index (κ1) is 13.3. The third kappa shape index (κ3) is 3.22. The Bertz CT molecular complexity index is 501. The zero-order valence-electron chi connectivity index (χ0n) is 10.2. The summed E-state index contributed by atoms with van der Waals surface area (Å²) in [5, 5.41) is 11.2. The van der Waals surface area contributed by atoms with Crippen molar-refractivity contribution in [2.75, 3.05) is 24.5 Å². The van der Waals surface area contributed by atoms with Crippen LogP contribution >= 0.6 is 0 Å². The zero-order valence-corrected chi connectivity index (χ0v) is 10.2. The topological polar surface area (TPSA) is 72.9 Å². The smallest absolute Gasteiger partial charge is 0.255 e. The minimum absolute atomic E-state index is 0.244. The van der Waals surface area contributed by atoms with E-state index < -0.39 is 13.0 Å². The molecule has 0 unspecified atom stereocenters. The molecule has 1 aromatic carbocycles. The van der Waals surface area contributed by atoms with Crippen LogP contribution in [0.2, 0.25) is 0 Å². The van der Waals surface area contributed by atoms with E-state index in [0.717, 1.165) is 0 Å². The number of para-hydroxylation sites is 1. The van der Waals surface area contributed by atoms with Gasteiger partial charge in [-0.2, -0.15) is 4.68 Å². The molecule has 1 aromatic heterocycles. The molecule has 6 nitrogen and oxygen atoms in total. The third-order valence-electron chi connectivity index (χ3n) is 2.49. The van der Waals surface area contributed by atoms with E-state index in [1.54, 1.807) is 12.1 Å². The van der Waals surface area contributed by atoms with Crippen molar-refractivity contribution in [3.05, 3.63) is 30.3 Å². The molecule has 102 valence electrons. The maximum absolute atomic E-state index is 12.6. The van der Waals surface area contributed by atoms with Crippen molar-refractivity contribution in [3.63, 3.8) is 0 Å². The van der Waals surface area contributed by atoms with Crippen molar-refractivity contribution in [3.8, 4) is 5.69 Å². The maximum atomic E-state index is 12.6. The Labute approximate surface area is 108 Å². The van der Waals surface area contributed by atoms with Crippen LogP contribution in [0.3, 0.4) is 0 Å². The SMILES string of the molecule is NCCN(CC(F)F)c1nnnn1-c1ccccc1. The Hall–Kier alpha value is -2.09. The van der Waals surface area contributed by atoms with Gasteiger partial charge in [0.05, 0.1) is 12.2 Å². The van der Waals surface area contributed by atoms with Gasteiger partial charge in [0.1, 0.15) is 0 Å². The van der Waals surface area contributed by atoms with Gasteiger partial charge >= 0.3 is 0 Å². The molecule has 0 saturated heterocycles. The fraction of sp³-hybridized carbons (Fsp3) is 0.364. The predicted molar refractivity (Wildman–Crippen MR) is 66.4 cm³/mol. The Kier molecular flexibility index (Phi) is 4.35. The number of benzene rings is 1. The number of nitrogens with zero attached hydrogens (tertiary/aromatic N) is 5. The third-order valence-corrected chi connectivity index (χ3v) is 2.49. The largest absolute Gasteiger partial charge is 0.332 e. The predicted octanol–water partition coefficient (Wildman–Crippen LogP) is 0.692. The fourth-order valence-electron chi connectivity index (χ4n) is 1.71. The van der Waals surface area contributed by atoms with Crippen molar-refractivity contribution in [1.82, 2.24) is 20.2 Å². The second-order valence-corrected chi connectivity index (χ2v) is 3.85. The summed E-state index contributed by atoms with van der Waals surface area (Å²) in [5.41, 5.74) is 6.14. The van der Waals surface area contributed by atoms with Gasteiger partial charge < -0.3 is 10.6 Å². The number of anilines is 1. The average Bonchev–Trinajstić information content (AvgIpc) is 2.88. The molecule has 0 aliphatic carbocycles. The van der Waals surface area contributed by atoms with Crippen LogP contribution in [0.15, 0.2) is 30.3 Å². The molecule has 0 amide bonds. The van der Waals surface area contributed by atoms with Crippen molar-refractivity contribution in [2.45, 2.75) is 6.43 Å². The molecule has 2 aromatic rings. The van der Waals surface area contributed by atoms with Crippen LogP contribution in [-0.2, 0) is 0 Å². The van der Waals surface area contributed by atoms with E-state index in [1.807, 2.05) is 18.2 Å². The first-order valence-corrected chi connectivity index (χ1v) is 5.79. The number of hydrogen-bond acceptors (Lipinski definition) is 5. The average molecular weight is 268 g/mol. The summed E-state index contributed by atoms with van der Waals surface area (Å²) in [6.07, 6.45) is -2.48. The van der Waals surface area contributed by atoms with E-state index in [-0.39, 0.29) is 19.0 Å². The minimum Gasteiger partial charge on any atom is -0.332 e. The van der Waals surface area contributed by atoms with E-state index in [1.165, 1.54) is 9.58 Å². The van der Waals surface area contributed by atoms with Crippen molar-refractivity contribution >= 4 is 5.95 Å². The second kappa shape index (κ2) is 6.19. The van der Waals surface area contributed by atoms with Gasteiger partial charge in [-0.3, -0.25) is 0 Å². The lowest BCUT2D eigenvalue weighted by Crippen LogP contribution is -2.35. The Morgan fingerprint density at radius 2 is 2.00 bits per heavy atom. The van der Waals surface area contributed by atoms with Crippen LogP contribution in [0.5, 0.6) is 0 Å². The second-order valence-electron chi connectivity index (χ2n) is 3.85. The lowest BCUT2D eigenvalue weighted by molar-refractivity contribution is 0.154. The van der Waals surface area contributed by atoms with E-state index in [9.17, 15) is 8.78 Å². The lowest BCUT2D eigenvalue weighted by Gasteiger charge is -2.21. The van der Waals surface area contributed by atoms with Gasteiger partial charge in [-0.15, -0.1) is 0 Å². The molecule has 0 spiro atoms. The van der Waals surface area contributed by atoms with Crippen molar-refractivity contribution < 1.29 is 8.78 Å². The van der Waals surface area contributed by atoms with Crippen LogP contribution in [0.4, 0.5) is 14.7 Å². The molecule has 19 heavy (non-hydrogen) atoms. The highest BCUT2D eigenvalue weighted by Gasteiger charge is 2.19. The molecule has 2 rings (SSSR count). The maximum Gasteiger partial charge on any atom is 0.255 e. The van der Waals surface area contributed by atoms with Gasteiger partial charge in [-0.1, -0.05) is 23.3 Å². The van der Waals surface area contributed by atoms with Gasteiger partial charge in [0, 0.05) is 13.1 Å². The van der Waals surface area contributed by atoms with Gasteiger partial charge in [0.2, 0.25) is 0 Å². The molecule has 0 saturated carbocycles. The van der Waals surface area contributed by atoms with E-state index >= 15 is 0 Å². The van der Waals surface area contributed by atoms with E-state index in [2.05, 4.69) is 15.5 Å². The standard InChI is InChI=1S/C11H14F2N6/c12-10(13)8-18(7-6-14)11-15-16-17-19(11)9-4-2-1-3-5-9/h1-5,10H,6-8,14H2. The summed E-state index contributed by atoms with van der Waals surface area (Å²) in [5.74, 6) is 0.261. The summed E-state index contributed by atoms with van der Waals surface area (Å²) in [4.78, 5) is 1.37. The van der Waals surface area contributed by atoms with Crippen molar-refractivity contribution in [2.24, 2.45) is 5.73 Å². The van der Waals surface area contributed by atoms with E-state index in [0.29, 0.717) is 5.69 Å². The Morgan fingerprint density at radius 3 is 2.63 bits per heavy atom. The summed E-state index contributed by atoms with van der Waals surface area (Å²) in [7, 11) is 0. The lowest BCUT2D eigenvalue weighted by atomic mass is 10.3. The highest BCUT2D eigenvalue weighted by atomic mass is 19.3. The first-order chi connectivity index (χ1) is 9.22. The number of aromatic nitrogens is 4. The quantitative estimate of drug-likeness (QED) is 0.834. The van der Waals surface area contributed by atoms with Gasteiger partial charge in [-0.25, -0.2) is 8.78 Å². The van der Waals surface area contributed by atoms with Crippen LogP contribution < -0.4 is 10.6 Å². The molecule has 0 fully saturated rings. The summed E-state index contributed by atoms with van der Waals surface area (Å²) in [6, 6.07) is 9.08. The molecule has 0 radical (unpaired) electrons. The number of halogens is 2. The first-order valence-electron chi connectivity index (χ1n) is 5.79. The number of rotatable bonds is 6. The number of nitrogens with two attached hydrogens (primary N) is 1. The summed E-state index contributed by atoms with van der Waals surface area (Å²) < 4.78 is 26.6. The number of alkyl halides is 2. The Morgan fingerprint density at radius 1 is 1.26 bits per heavy atom. The van der Waals surface area contributed by atoms with Gasteiger partial charge in [0.25, 0.3) is 12.4 Å². The highest BCUT2D eigenvalue weighted by molar-refractivity contribution is 5.40. The molecule has 0 atom stereocenters. The van der Waals surface area contributed by atoms with E-state index in [4.69, 9.17) is 5.73 Å². The van der Waals surface area contributed by atoms with Crippen LogP contribution in [0, 0.1) is 0 Å². The zero-order chi connectivity index (χ0) is 13.7. The molecule has 0 aliphatic rings. The minimum atomic E-state index is -2.48. The van der Waals surface area contributed by atoms with Crippen LogP contribution in [0.1, 0.15) is 0 Å². The summed E-state index contributed by atoms with van der Waals surface area (Å²) in [6.45, 7) is 0.0519. The normalized spacial score (nSPS) is 10.9. The molecule has 2 N–H and O–H groups in total. The van der Waals surface area contributed by atoms with Gasteiger partial charge in [-0.05, 0) is 22.6 Å². The molecular formula is C11H14F2N6. The molecule has 8 heteroatoms. The molecule has 0 aliphatic heterocycles.